The van der Waals surface area contributed by atoms with Gasteiger partial charge in [-0.2, -0.15) is 0 Å². The summed E-state index contributed by atoms with van der Waals surface area (Å²) in [5, 5.41) is 3.37. The van der Waals surface area contributed by atoms with Crippen LogP contribution in [0.1, 0.15) is 40.8 Å². The van der Waals surface area contributed by atoms with E-state index in [0.29, 0.717) is 18.2 Å². The van der Waals surface area contributed by atoms with E-state index < -0.39 is 0 Å². The Bertz CT molecular complexity index is 675. The van der Waals surface area contributed by atoms with E-state index in [1.165, 1.54) is 0 Å². The van der Waals surface area contributed by atoms with Gasteiger partial charge < -0.3 is 14.6 Å². The topological polar surface area (TPSA) is 58.4 Å². The molecule has 1 N–H and O–H groups in total. The zero-order valence-electron chi connectivity index (χ0n) is 14.4. The number of carbonyl (C=O) groups excluding carboxylic acids is 1. The van der Waals surface area contributed by atoms with Gasteiger partial charge in [0.1, 0.15) is 5.76 Å². The molecule has 1 saturated heterocycles. The minimum Gasteiger partial charge on any atom is -0.456 e. The van der Waals surface area contributed by atoms with E-state index in [2.05, 4.69) is 10.3 Å². The van der Waals surface area contributed by atoms with E-state index in [1.54, 1.807) is 6.20 Å². The average molecular weight is 327 g/mol. The number of nitrogens with zero attached hydrogens (tertiary/aromatic N) is 2. The van der Waals surface area contributed by atoms with Crippen LogP contribution >= 0.6 is 0 Å². The molecule has 5 nitrogen and oxygen atoms in total. The third-order valence-corrected chi connectivity index (χ3v) is 4.58. The SMILES string of the molecule is CCc1oc(C(=O)N(Cc2cccnc2)C[C@@H]2CCNC2)cc1C. The first-order valence-electron chi connectivity index (χ1n) is 8.65. The highest BCUT2D eigenvalue weighted by atomic mass is 16.4. The summed E-state index contributed by atoms with van der Waals surface area (Å²) >= 11 is 0. The van der Waals surface area contributed by atoms with Crippen LogP contribution < -0.4 is 5.32 Å². The third kappa shape index (κ3) is 3.85. The highest BCUT2D eigenvalue weighted by Crippen LogP contribution is 2.20. The monoisotopic (exact) mass is 327 g/mol. The van der Waals surface area contributed by atoms with Crippen LogP contribution in [0.2, 0.25) is 0 Å². The molecule has 0 spiro atoms. The van der Waals surface area contributed by atoms with E-state index in [0.717, 1.165) is 49.4 Å². The van der Waals surface area contributed by atoms with Crippen molar-refractivity contribution in [2.24, 2.45) is 5.92 Å². The largest absolute Gasteiger partial charge is 0.456 e. The summed E-state index contributed by atoms with van der Waals surface area (Å²) in [6.45, 7) is 7.32. The van der Waals surface area contributed by atoms with Gasteiger partial charge in [-0.3, -0.25) is 9.78 Å². The van der Waals surface area contributed by atoms with Gasteiger partial charge >= 0.3 is 0 Å². The van der Waals surface area contributed by atoms with Crippen molar-refractivity contribution in [2.75, 3.05) is 19.6 Å². The lowest BCUT2D eigenvalue weighted by molar-refractivity contribution is 0.0684. The molecule has 1 atom stereocenters. The second-order valence-corrected chi connectivity index (χ2v) is 6.48. The molecule has 1 aliphatic heterocycles. The second-order valence-electron chi connectivity index (χ2n) is 6.48. The summed E-state index contributed by atoms with van der Waals surface area (Å²) < 4.78 is 5.79. The van der Waals surface area contributed by atoms with Crippen molar-refractivity contribution in [3.63, 3.8) is 0 Å². The first-order valence-corrected chi connectivity index (χ1v) is 8.65. The molecule has 1 fully saturated rings. The van der Waals surface area contributed by atoms with Gasteiger partial charge in [0.15, 0.2) is 5.76 Å². The van der Waals surface area contributed by atoms with Gasteiger partial charge in [0, 0.05) is 31.9 Å². The molecule has 2 aromatic rings. The maximum absolute atomic E-state index is 13.0. The summed E-state index contributed by atoms with van der Waals surface area (Å²) in [5.74, 6) is 1.79. The van der Waals surface area contributed by atoms with Crippen LogP contribution in [0.3, 0.4) is 0 Å². The Balaban J connectivity index is 1.80. The van der Waals surface area contributed by atoms with Gasteiger partial charge in [0.2, 0.25) is 0 Å². The highest BCUT2D eigenvalue weighted by Gasteiger charge is 2.25. The number of rotatable bonds is 6. The van der Waals surface area contributed by atoms with Crippen molar-refractivity contribution in [1.29, 1.82) is 0 Å². The van der Waals surface area contributed by atoms with Crippen LogP contribution in [0.15, 0.2) is 35.0 Å². The molecule has 1 aliphatic rings. The predicted octanol–water partition coefficient (Wildman–Crippen LogP) is 2.80. The van der Waals surface area contributed by atoms with Crippen molar-refractivity contribution < 1.29 is 9.21 Å². The normalized spacial score (nSPS) is 17.2. The Morgan fingerprint density at radius 3 is 3.00 bits per heavy atom. The van der Waals surface area contributed by atoms with Crippen molar-refractivity contribution in [3.8, 4) is 0 Å². The van der Waals surface area contributed by atoms with Crippen LogP contribution in [0, 0.1) is 12.8 Å². The van der Waals surface area contributed by atoms with Gasteiger partial charge in [-0.05, 0) is 55.6 Å². The molecule has 128 valence electrons. The standard InChI is InChI=1S/C19H25N3O2/c1-3-17-14(2)9-18(24-17)19(23)22(13-16-6-8-21-11-16)12-15-5-4-7-20-10-15/h4-5,7,9-10,16,21H,3,6,8,11-13H2,1-2H3/t16-/m1/s1. The Kier molecular flexibility index (Phi) is 5.30. The molecule has 0 radical (unpaired) electrons. The van der Waals surface area contributed by atoms with Crippen LogP contribution in [0.25, 0.3) is 0 Å². The lowest BCUT2D eigenvalue weighted by atomic mass is 10.1. The molecule has 0 aromatic carbocycles. The Morgan fingerprint density at radius 1 is 1.50 bits per heavy atom. The fourth-order valence-electron chi connectivity index (χ4n) is 3.25. The first-order chi connectivity index (χ1) is 11.7. The van der Waals surface area contributed by atoms with Crippen molar-refractivity contribution in [3.05, 3.63) is 53.2 Å². The van der Waals surface area contributed by atoms with Gasteiger partial charge in [-0.25, -0.2) is 0 Å². The third-order valence-electron chi connectivity index (χ3n) is 4.58. The quantitative estimate of drug-likeness (QED) is 0.886. The molecular formula is C19H25N3O2. The number of furan rings is 1. The van der Waals surface area contributed by atoms with Gasteiger partial charge in [-0.1, -0.05) is 13.0 Å². The number of carbonyl (C=O) groups is 1. The van der Waals surface area contributed by atoms with Crippen LogP contribution in [-0.2, 0) is 13.0 Å². The number of hydrogen-bond acceptors (Lipinski definition) is 4. The summed E-state index contributed by atoms with van der Waals surface area (Å²) in [7, 11) is 0. The molecule has 24 heavy (non-hydrogen) atoms. The number of nitrogens with one attached hydrogen (secondary N) is 1. The molecular weight excluding hydrogens is 302 g/mol. The zero-order chi connectivity index (χ0) is 16.9. The molecule has 5 heteroatoms. The summed E-state index contributed by atoms with van der Waals surface area (Å²) in [6.07, 6.45) is 5.47. The lowest BCUT2D eigenvalue weighted by Crippen LogP contribution is -2.35. The van der Waals surface area contributed by atoms with Crippen molar-refractivity contribution >= 4 is 5.91 Å². The van der Waals surface area contributed by atoms with E-state index in [-0.39, 0.29) is 5.91 Å². The summed E-state index contributed by atoms with van der Waals surface area (Å²) in [5.41, 5.74) is 2.08. The Morgan fingerprint density at radius 2 is 2.38 bits per heavy atom. The number of hydrogen-bond donors (Lipinski definition) is 1. The van der Waals surface area contributed by atoms with Crippen molar-refractivity contribution in [2.45, 2.75) is 33.2 Å². The zero-order valence-corrected chi connectivity index (χ0v) is 14.4. The number of aromatic nitrogens is 1. The van der Waals surface area contributed by atoms with Crippen LogP contribution in [0.4, 0.5) is 0 Å². The minimum atomic E-state index is -0.0337. The predicted molar refractivity (Wildman–Crippen MR) is 92.8 cm³/mol. The molecule has 3 rings (SSSR count). The smallest absolute Gasteiger partial charge is 0.289 e. The number of amides is 1. The number of aryl methyl sites for hydroxylation is 2. The fraction of sp³-hybridized carbons (Fsp3) is 0.474. The maximum atomic E-state index is 13.0. The van der Waals surface area contributed by atoms with E-state index >= 15 is 0 Å². The first kappa shape index (κ1) is 16.7. The maximum Gasteiger partial charge on any atom is 0.289 e. The van der Waals surface area contributed by atoms with Gasteiger partial charge in [-0.15, -0.1) is 0 Å². The summed E-state index contributed by atoms with van der Waals surface area (Å²) in [4.78, 5) is 19.1. The molecule has 2 aromatic heterocycles. The fourth-order valence-corrected chi connectivity index (χ4v) is 3.25. The van der Waals surface area contributed by atoms with Crippen LogP contribution in [-0.4, -0.2) is 35.4 Å². The number of pyridine rings is 1. The molecule has 1 amide bonds. The van der Waals surface area contributed by atoms with Crippen LogP contribution in [0.5, 0.6) is 0 Å². The van der Waals surface area contributed by atoms with E-state index in [9.17, 15) is 4.79 Å². The van der Waals surface area contributed by atoms with Gasteiger partial charge in [0.25, 0.3) is 5.91 Å². The highest BCUT2D eigenvalue weighted by molar-refractivity contribution is 5.91. The second kappa shape index (κ2) is 7.62. The summed E-state index contributed by atoms with van der Waals surface area (Å²) in [6, 6.07) is 5.77. The van der Waals surface area contributed by atoms with Gasteiger partial charge in [0.05, 0.1) is 0 Å². The van der Waals surface area contributed by atoms with Crippen molar-refractivity contribution in [1.82, 2.24) is 15.2 Å². The van der Waals surface area contributed by atoms with E-state index in [1.807, 2.05) is 43.1 Å². The minimum absolute atomic E-state index is 0.0337. The Labute approximate surface area is 143 Å². The molecule has 0 unspecified atom stereocenters. The molecule has 0 aliphatic carbocycles. The Hall–Kier alpha value is -2.14. The van der Waals surface area contributed by atoms with E-state index in [4.69, 9.17) is 4.42 Å². The average Bonchev–Trinajstić information content (AvgIpc) is 3.24. The molecule has 0 bridgehead atoms. The molecule has 0 saturated carbocycles. The lowest BCUT2D eigenvalue weighted by Gasteiger charge is -2.24. The molecule has 3 heterocycles.